The van der Waals surface area contributed by atoms with E-state index in [9.17, 15) is 4.79 Å². The van der Waals surface area contributed by atoms with Gasteiger partial charge in [-0.3, -0.25) is 5.10 Å². The molecule has 5 nitrogen and oxygen atoms in total. The van der Waals surface area contributed by atoms with Crippen LogP contribution in [0.2, 0.25) is 0 Å². The molecule has 4 rings (SSSR count). The van der Waals surface area contributed by atoms with Crippen LogP contribution in [0, 0.1) is 0 Å². The van der Waals surface area contributed by atoms with Crippen molar-refractivity contribution in [1.82, 2.24) is 20.4 Å². The van der Waals surface area contributed by atoms with Crippen LogP contribution >= 0.6 is 0 Å². The predicted octanol–water partition coefficient (Wildman–Crippen LogP) is 2.99. The Balaban J connectivity index is 1.38. The molecule has 0 bridgehead atoms. The molecule has 0 radical (unpaired) electrons. The number of H-pyrrole nitrogens is 1. The van der Waals surface area contributed by atoms with Gasteiger partial charge in [-0.15, -0.1) is 0 Å². The van der Waals surface area contributed by atoms with Gasteiger partial charge >= 0.3 is 6.03 Å². The normalized spacial score (nSPS) is 23.0. The van der Waals surface area contributed by atoms with Gasteiger partial charge in [-0.2, -0.15) is 5.10 Å². The molecule has 0 spiro atoms. The molecule has 1 fully saturated rings. The second kappa shape index (κ2) is 6.07. The molecule has 0 unspecified atom stereocenters. The van der Waals surface area contributed by atoms with E-state index in [2.05, 4.69) is 39.8 Å². The van der Waals surface area contributed by atoms with E-state index < -0.39 is 0 Å². The fraction of sp³-hybridized carbons (Fsp3) is 0.444. The van der Waals surface area contributed by atoms with E-state index in [1.807, 2.05) is 17.3 Å². The zero-order valence-electron chi connectivity index (χ0n) is 13.2. The molecule has 2 N–H and O–H groups in total. The SMILES string of the molecule is O=C(NC[C@@H]1Cc2ccccc21)N1CCCC[C@H]1c1cn[nH]c1. The molecule has 2 amide bonds. The highest BCUT2D eigenvalue weighted by Gasteiger charge is 2.30. The Morgan fingerprint density at radius 1 is 1.35 bits per heavy atom. The molecule has 2 atom stereocenters. The van der Waals surface area contributed by atoms with Crippen molar-refractivity contribution in [2.45, 2.75) is 37.6 Å². The summed E-state index contributed by atoms with van der Waals surface area (Å²) in [6.45, 7) is 1.55. The van der Waals surface area contributed by atoms with Gasteiger partial charge < -0.3 is 10.2 Å². The van der Waals surface area contributed by atoms with E-state index in [1.54, 1.807) is 0 Å². The fourth-order valence-corrected chi connectivity index (χ4v) is 3.82. The Hall–Kier alpha value is -2.30. The van der Waals surface area contributed by atoms with E-state index >= 15 is 0 Å². The Morgan fingerprint density at radius 2 is 2.26 bits per heavy atom. The number of carbonyl (C=O) groups is 1. The van der Waals surface area contributed by atoms with Crippen LogP contribution in [0.3, 0.4) is 0 Å². The molecule has 2 aromatic rings. The molecule has 1 aromatic carbocycles. The summed E-state index contributed by atoms with van der Waals surface area (Å²) in [7, 11) is 0. The maximum Gasteiger partial charge on any atom is 0.317 e. The molecule has 2 aliphatic rings. The van der Waals surface area contributed by atoms with Crippen molar-refractivity contribution in [2.24, 2.45) is 0 Å². The van der Waals surface area contributed by atoms with Crippen LogP contribution in [0.1, 0.15) is 47.9 Å². The number of likely N-dealkylation sites (tertiary alicyclic amines) is 1. The summed E-state index contributed by atoms with van der Waals surface area (Å²) in [5, 5.41) is 10.0. The highest BCUT2D eigenvalue weighted by Crippen LogP contribution is 2.34. The molecular weight excluding hydrogens is 288 g/mol. The summed E-state index contributed by atoms with van der Waals surface area (Å²) in [6, 6.07) is 8.71. The number of hydrogen-bond donors (Lipinski definition) is 2. The zero-order valence-corrected chi connectivity index (χ0v) is 13.2. The van der Waals surface area contributed by atoms with Crippen molar-refractivity contribution in [1.29, 1.82) is 0 Å². The number of fused-ring (bicyclic) bond motifs is 1. The lowest BCUT2D eigenvalue weighted by atomic mass is 9.78. The minimum absolute atomic E-state index is 0.0558. The number of benzene rings is 1. The number of nitrogens with zero attached hydrogens (tertiary/aromatic N) is 2. The van der Waals surface area contributed by atoms with E-state index in [0.29, 0.717) is 5.92 Å². The van der Waals surface area contributed by atoms with Gasteiger partial charge in [-0.1, -0.05) is 24.3 Å². The Kier molecular flexibility index (Phi) is 3.77. The van der Waals surface area contributed by atoms with Gasteiger partial charge in [0.1, 0.15) is 0 Å². The zero-order chi connectivity index (χ0) is 15.6. The van der Waals surface area contributed by atoms with Gasteiger partial charge in [-0.25, -0.2) is 4.79 Å². The summed E-state index contributed by atoms with van der Waals surface area (Å²) >= 11 is 0. The van der Waals surface area contributed by atoms with Crippen LogP contribution < -0.4 is 5.32 Å². The number of aromatic amines is 1. The number of rotatable bonds is 3. The van der Waals surface area contributed by atoms with Crippen molar-refractivity contribution in [3.05, 3.63) is 53.3 Å². The lowest BCUT2D eigenvalue weighted by molar-refractivity contribution is 0.151. The summed E-state index contributed by atoms with van der Waals surface area (Å²) in [5.74, 6) is 0.465. The molecule has 1 saturated heterocycles. The van der Waals surface area contributed by atoms with Crippen molar-refractivity contribution >= 4 is 6.03 Å². The largest absolute Gasteiger partial charge is 0.337 e. The van der Waals surface area contributed by atoms with Gasteiger partial charge in [0.25, 0.3) is 0 Å². The lowest BCUT2D eigenvalue weighted by Gasteiger charge is -2.36. The molecule has 5 heteroatoms. The van der Waals surface area contributed by atoms with Crippen LogP contribution in [0.25, 0.3) is 0 Å². The molecular formula is C18H22N4O. The molecule has 120 valence electrons. The molecule has 2 heterocycles. The number of urea groups is 1. The van der Waals surface area contributed by atoms with E-state index in [1.165, 1.54) is 11.1 Å². The van der Waals surface area contributed by atoms with Crippen molar-refractivity contribution in [3.63, 3.8) is 0 Å². The molecule has 1 aliphatic heterocycles. The van der Waals surface area contributed by atoms with Gasteiger partial charge in [0, 0.05) is 30.8 Å². The number of carbonyl (C=O) groups excluding carboxylic acids is 1. The highest BCUT2D eigenvalue weighted by atomic mass is 16.2. The average molecular weight is 310 g/mol. The lowest BCUT2D eigenvalue weighted by Crippen LogP contribution is -2.46. The Bertz CT molecular complexity index is 682. The smallest absolute Gasteiger partial charge is 0.317 e. The molecule has 1 aromatic heterocycles. The van der Waals surface area contributed by atoms with Gasteiger partial charge in [0.15, 0.2) is 0 Å². The first-order chi connectivity index (χ1) is 11.3. The second-order valence-corrected chi connectivity index (χ2v) is 6.52. The first-order valence-corrected chi connectivity index (χ1v) is 8.44. The topological polar surface area (TPSA) is 61.0 Å². The van der Waals surface area contributed by atoms with Gasteiger partial charge in [0.05, 0.1) is 12.2 Å². The van der Waals surface area contributed by atoms with E-state index in [4.69, 9.17) is 0 Å². The fourth-order valence-electron chi connectivity index (χ4n) is 3.82. The third-order valence-corrected chi connectivity index (χ3v) is 5.13. The number of nitrogens with one attached hydrogen (secondary N) is 2. The highest BCUT2D eigenvalue weighted by molar-refractivity contribution is 5.75. The van der Waals surface area contributed by atoms with Gasteiger partial charge in [0.2, 0.25) is 0 Å². The monoisotopic (exact) mass is 310 g/mol. The Morgan fingerprint density at radius 3 is 3.09 bits per heavy atom. The number of aromatic nitrogens is 2. The maximum absolute atomic E-state index is 12.6. The van der Waals surface area contributed by atoms with E-state index in [-0.39, 0.29) is 12.1 Å². The molecule has 23 heavy (non-hydrogen) atoms. The number of piperidine rings is 1. The quantitative estimate of drug-likeness (QED) is 0.915. The molecule has 0 saturated carbocycles. The summed E-state index contributed by atoms with van der Waals surface area (Å²) in [6.07, 6.45) is 8.06. The number of amides is 2. The second-order valence-electron chi connectivity index (χ2n) is 6.52. The Labute approximate surface area is 136 Å². The van der Waals surface area contributed by atoms with Crippen LogP contribution in [-0.2, 0) is 6.42 Å². The molecule has 1 aliphatic carbocycles. The average Bonchev–Trinajstić information content (AvgIpc) is 3.10. The van der Waals surface area contributed by atoms with Gasteiger partial charge in [-0.05, 0) is 36.8 Å². The van der Waals surface area contributed by atoms with Crippen molar-refractivity contribution in [3.8, 4) is 0 Å². The predicted molar refractivity (Wildman–Crippen MR) is 88.2 cm³/mol. The van der Waals surface area contributed by atoms with E-state index in [0.717, 1.165) is 44.3 Å². The van der Waals surface area contributed by atoms with Crippen LogP contribution in [-0.4, -0.2) is 34.2 Å². The third kappa shape index (κ3) is 2.71. The van der Waals surface area contributed by atoms with Crippen LogP contribution in [0.5, 0.6) is 0 Å². The van der Waals surface area contributed by atoms with Crippen molar-refractivity contribution in [2.75, 3.05) is 13.1 Å². The third-order valence-electron chi connectivity index (χ3n) is 5.13. The first kappa shape index (κ1) is 14.3. The van der Waals surface area contributed by atoms with Crippen LogP contribution in [0.4, 0.5) is 4.79 Å². The minimum atomic E-state index is 0.0558. The first-order valence-electron chi connectivity index (χ1n) is 8.44. The summed E-state index contributed by atoms with van der Waals surface area (Å²) < 4.78 is 0. The minimum Gasteiger partial charge on any atom is -0.337 e. The maximum atomic E-state index is 12.6. The summed E-state index contributed by atoms with van der Waals surface area (Å²) in [4.78, 5) is 14.6. The van der Waals surface area contributed by atoms with Crippen molar-refractivity contribution < 1.29 is 4.79 Å². The summed E-state index contributed by atoms with van der Waals surface area (Å²) in [5.41, 5.74) is 3.91. The van der Waals surface area contributed by atoms with Crippen LogP contribution in [0.15, 0.2) is 36.7 Å². The number of hydrogen-bond acceptors (Lipinski definition) is 2. The standard InChI is InChI=1S/C18H22N4O/c23-18(19-10-14-9-13-5-1-2-6-16(13)14)22-8-4-3-7-17(22)15-11-20-21-12-15/h1-2,5-6,11-12,14,17H,3-4,7-10H2,(H,19,23)(H,20,21)/t14-,17-/m0/s1.